The second-order valence-corrected chi connectivity index (χ2v) is 12.4. The van der Waals surface area contributed by atoms with E-state index in [2.05, 4.69) is 16.3 Å². The summed E-state index contributed by atoms with van der Waals surface area (Å²) in [5, 5.41) is 2.76. The Hall–Kier alpha value is -2.89. The summed E-state index contributed by atoms with van der Waals surface area (Å²) in [6, 6.07) is 4.46. The summed E-state index contributed by atoms with van der Waals surface area (Å²) < 4.78 is 28.8. The number of hydrogen-bond acceptors (Lipinski definition) is 9. The van der Waals surface area contributed by atoms with Gasteiger partial charge in [-0.3, -0.25) is 9.69 Å². The minimum atomic E-state index is -0.898. The highest BCUT2D eigenvalue weighted by molar-refractivity contribution is 5.91. The molecule has 2 saturated heterocycles. The highest BCUT2D eigenvalue weighted by Gasteiger charge is 2.52. The lowest BCUT2D eigenvalue weighted by atomic mass is 9.85. The maximum Gasteiger partial charge on any atom is 0.407 e. The molecule has 4 aliphatic rings. The standard InChI is InChI=1S/C30H43N3O8/c1-30(2,3)24-25(34)33-17-20(15-22(33)27(35)37-4)40-28-26(41-28)32-16-19-11-10-12-23(21(19)18-32)38-13-8-6-5-7-9-14-39-29(36)31-24/h10-12,20,22,24,26,28H,5-9,13-18H2,1-4H3,(H,31,36)/t20-,22?,24-,26?,28?/m1/s1. The number of amides is 2. The van der Waals surface area contributed by atoms with Gasteiger partial charge in [0.1, 0.15) is 17.8 Å². The van der Waals surface area contributed by atoms with Crippen molar-refractivity contribution in [2.24, 2.45) is 5.41 Å². The van der Waals surface area contributed by atoms with Gasteiger partial charge in [0, 0.05) is 31.6 Å². The third-order valence-electron chi connectivity index (χ3n) is 8.25. The molecule has 1 aromatic rings. The SMILES string of the molecule is COC(=O)C1C[C@@H]2CN1C(=O)[C@H](C(C)(C)C)NC(=O)OCCCCCCCOc1cccc3c1CN(C3)C1OC1O2. The number of alkyl carbamates (subject to hydrolysis) is 1. The first-order valence-electron chi connectivity index (χ1n) is 14.8. The molecule has 4 bridgehead atoms. The number of carbonyl (C=O) groups is 3. The third-order valence-corrected chi connectivity index (χ3v) is 8.25. The lowest BCUT2D eigenvalue weighted by Crippen LogP contribution is -2.57. The molecule has 0 aromatic heterocycles. The van der Waals surface area contributed by atoms with Crippen molar-refractivity contribution in [2.75, 3.05) is 26.9 Å². The zero-order chi connectivity index (χ0) is 29.1. The maximum atomic E-state index is 13.8. The maximum absolute atomic E-state index is 13.8. The fourth-order valence-corrected chi connectivity index (χ4v) is 5.93. The first-order valence-corrected chi connectivity index (χ1v) is 14.8. The average molecular weight is 574 g/mol. The minimum absolute atomic E-state index is 0.187. The number of nitrogens with zero attached hydrogens (tertiary/aromatic N) is 2. The number of cyclic esters (lactones) is 1. The summed E-state index contributed by atoms with van der Waals surface area (Å²) in [6.45, 7) is 8.17. The van der Waals surface area contributed by atoms with Crippen LogP contribution in [0.1, 0.15) is 70.4 Å². The Morgan fingerprint density at radius 2 is 1.73 bits per heavy atom. The van der Waals surface area contributed by atoms with Crippen molar-refractivity contribution in [3.05, 3.63) is 29.3 Å². The topological polar surface area (TPSA) is 119 Å². The van der Waals surface area contributed by atoms with E-state index in [0.717, 1.165) is 44.4 Å². The van der Waals surface area contributed by atoms with Gasteiger partial charge in [0.25, 0.3) is 0 Å². The van der Waals surface area contributed by atoms with E-state index in [0.29, 0.717) is 13.2 Å². The molecule has 5 rings (SSSR count). The number of methoxy groups -OCH3 is 1. The third kappa shape index (κ3) is 6.95. The molecule has 11 nitrogen and oxygen atoms in total. The van der Waals surface area contributed by atoms with Gasteiger partial charge in [-0.15, -0.1) is 0 Å². The van der Waals surface area contributed by atoms with Crippen molar-refractivity contribution in [1.82, 2.24) is 15.1 Å². The Kier molecular flexibility index (Phi) is 9.06. The van der Waals surface area contributed by atoms with E-state index in [9.17, 15) is 14.4 Å². The predicted octanol–water partition coefficient (Wildman–Crippen LogP) is 3.33. The zero-order valence-corrected chi connectivity index (χ0v) is 24.6. The number of carbonyl (C=O) groups excluding carboxylic acids is 3. The molecule has 0 saturated carbocycles. The molecule has 226 valence electrons. The first-order chi connectivity index (χ1) is 19.7. The molecule has 2 fully saturated rings. The lowest BCUT2D eigenvalue weighted by molar-refractivity contribution is -0.152. The van der Waals surface area contributed by atoms with Gasteiger partial charge in [0.05, 0.1) is 26.4 Å². The number of benzene rings is 1. The number of rotatable bonds is 1. The second-order valence-electron chi connectivity index (χ2n) is 12.4. The molecule has 0 spiro atoms. The number of esters is 1. The minimum Gasteiger partial charge on any atom is -0.493 e. The van der Waals surface area contributed by atoms with E-state index in [4.69, 9.17) is 23.7 Å². The van der Waals surface area contributed by atoms with Crippen molar-refractivity contribution >= 4 is 18.0 Å². The smallest absolute Gasteiger partial charge is 0.407 e. The molecule has 0 radical (unpaired) electrons. The van der Waals surface area contributed by atoms with E-state index in [1.165, 1.54) is 23.1 Å². The van der Waals surface area contributed by atoms with E-state index in [1.54, 1.807) is 0 Å². The fourth-order valence-electron chi connectivity index (χ4n) is 5.93. The molecule has 4 aliphatic heterocycles. The van der Waals surface area contributed by atoms with Crippen molar-refractivity contribution in [2.45, 2.75) is 103 Å². The van der Waals surface area contributed by atoms with E-state index in [1.807, 2.05) is 32.9 Å². The molecule has 11 heteroatoms. The van der Waals surface area contributed by atoms with Gasteiger partial charge in [-0.05, 0) is 29.9 Å². The number of ether oxygens (including phenoxy) is 5. The Morgan fingerprint density at radius 3 is 2.46 bits per heavy atom. The molecule has 6 atom stereocenters. The molecule has 41 heavy (non-hydrogen) atoms. The first kappa shape index (κ1) is 29.6. The van der Waals surface area contributed by atoms with Crippen molar-refractivity contribution < 1.29 is 38.1 Å². The number of hydrogen-bond donors (Lipinski definition) is 1. The Labute approximate surface area is 241 Å². The van der Waals surface area contributed by atoms with Gasteiger partial charge in [0.2, 0.25) is 5.91 Å². The van der Waals surface area contributed by atoms with Crippen LogP contribution in [0.15, 0.2) is 18.2 Å². The highest BCUT2D eigenvalue weighted by Crippen LogP contribution is 2.39. The van der Waals surface area contributed by atoms with E-state index < -0.39 is 42.0 Å². The van der Waals surface area contributed by atoms with Crippen LogP contribution in [0, 0.1) is 5.41 Å². The summed E-state index contributed by atoms with van der Waals surface area (Å²) >= 11 is 0. The summed E-state index contributed by atoms with van der Waals surface area (Å²) in [5.41, 5.74) is 1.79. The zero-order valence-electron chi connectivity index (χ0n) is 24.6. The van der Waals surface area contributed by atoms with Crippen LogP contribution in [0.3, 0.4) is 0 Å². The molecule has 2 amide bonds. The number of epoxide rings is 1. The highest BCUT2D eigenvalue weighted by atomic mass is 16.8. The molecule has 4 unspecified atom stereocenters. The van der Waals surface area contributed by atoms with Crippen molar-refractivity contribution in [3.63, 3.8) is 0 Å². The predicted molar refractivity (Wildman–Crippen MR) is 148 cm³/mol. The summed E-state index contributed by atoms with van der Waals surface area (Å²) in [6.07, 6.45) is 3.22. The van der Waals surface area contributed by atoms with Crippen molar-refractivity contribution in [1.29, 1.82) is 0 Å². The summed E-state index contributed by atoms with van der Waals surface area (Å²) in [4.78, 5) is 42.9. The number of nitrogens with one attached hydrogen (secondary N) is 1. The lowest BCUT2D eigenvalue weighted by Gasteiger charge is -2.34. The van der Waals surface area contributed by atoms with Gasteiger partial charge < -0.3 is 33.9 Å². The van der Waals surface area contributed by atoms with Crippen LogP contribution in [0.5, 0.6) is 5.75 Å². The molecular weight excluding hydrogens is 530 g/mol. The van der Waals surface area contributed by atoms with E-state index >= 15 is 0 Å². The van der Waals surface area contributed by atoms with Gasteiger partial charge >= 0.3 is 12.1 Å². The quantitative estimate of drug-likeness (QED) is 0.399. The van der Waals surface area contributed by atoms with Crippen LogP contribution in [-0.4, -0.2) is 85.3 Å². The largest absolute Gasteiger partial charge is 0.493 e. The van der Waals surface area contributed by atoms with Crippen LogP contribution < -0.4 is 10.1 Å². The Morgan fingerprint density at radius 1 is 1.00 bits per heavy atom. The Balaban J connectivity index is 1.32. The van der Waals surface area contributed by atoms with Crippen LogP contribution in [0.25, 0.3) is 0 Å². The molecule has 1 aromatic carbocycles. The van der Waals surface area contributed by atoms with Crippen molar-refractivity contribution in [3.8, 4) is 5.75 Å². The molecule has 0 aliphatic carbocycles. The van der Waals surface area contributed by atoms with Gasteiger partial charge in [-0.2, -0.15) is 0 Å². The second kappa shape index (κ2) is 12.5. The number of fused-ring (bicyclic) bond motifs is 5. The normalized spacial score (nSPS) is 31.4. The molecule has 1 N–H and O–H groups in total. The summed E-state index contributed by atoms with van der Waals surface area (Å²) in [5.74, 6) is 0.0298. The molecular formula is C30H43N3O8. The summed E-state index contributed by atoms with van der Waals surface area (Å²) in [7, 11) is 1.30. The van der Waals surface area contributed by atoms with Gasteiger partial charge in [-0.1, -0.05) is 52.2 Å². The molecule has 4 heterocycles. The van der Waals surface area contributed by atoms with Gasteiger partial charge in [-0.25, -0.2) is 9.59 Å². The van der Waals surface area contributed by atoms with Crippen LogP contribution >= 0.6 is 0 Å². The average Bonchev–Trinajstić information content (AvgIpc) is 3.35. The fraction of sp³-hybridized carbons (Fsp3) is 0.700. The van der Waals surface area contributed by atoms with Crippen LogP contribution in [0.2, 0.25) is 0 Å². The van der Waals surface area contributed by atoms with Crippen LogP contribution in [-0.2, 0) is 41.6 Å². The Bertz CT molecular complexity index is 1120. The van der Waals surface area contributed by atoms with E-state index in [-0.39, 0.29) is 31.7 Å². The van der Waals surface area contributed by atoms with Gasteiger partial charge in [0.15, 0.2) is 12.5 Å². The monoisotopic (exact) mass is 573 g/mol. The van der Waals surface area contributed by atoms with Crippen LogP contribution in [0.4, 0.5) is 4.79 Å².